The molecule has 2 unspecified atom stereocenters. The second-order valence-corrected chi connectivity index (χ2v) is 12.8. The maximum absolute atomic E-state index is 13.1. The Kier molecular flexibility index (Phi) is 13.9. The first-order valence-electron chi connectivity index (χ1n) is 16.3. The fraction of sp³-hybridized carbons (Fsp3) is 0.353. The Morgan fingerprint density at radius 2 is 1.02 bits per heavy atom. The van der Waals surface area contributed by atoms with E-state index in [1.165, 1.54) is 82.4 Å². The van der Waals surface area contributed by atoms with Crippen LogP contribution in [0.1, 0.15) is 11.1 Å². The number of hydrogen-bond acceptors (Lipinski definition) is 15. The molecule has 20 nitrogen and oxygen atoms in total. The van der Waals surface area contributed by atoms with Crippen LogP contribution in [0.3, 0.4) is 0 Å². The van der Waals surface area contributed by atoms with Crippen molar-refractivity contribution in [1.82, 2.24) is 19.6 Å². The van der Waals surface area contributed by atoms with Crippen molar-refractivity contribution >= 4 is 71.2 Å². The lowest BCUT2D eigenvalue weighted by Crippen LogP contribution is -2.59. The lowest BCUT2D eigenvalue weighted by molar-refractivity contribution is -0.388. The van der Waals surface area contributed by atoms with Gasteiger partial charge >= 0.3 is 24.1 Å². The first kappa shape index (κ1) is 41.2. The Bertz CT molecular complexity index is 1800. The van der Waals surface area contributed by atoms with E-state index in [9.17, 15) is 49.0 Å². The van der Waals surface area contributed by atoms with Crippen molar-refractivity contribution in [3.63, 3.8) is 0 Å². The van der Waals surface area contributed by atoms with Gasteiger partial charge in [-0.25, -0.2) is 19.2 Å². The van der Waals surface area contributed by atoms with E-state index in [4.69, 9.17) is 18.9 Å². The smallest absolute Gasteiger partial charge is 0.409 e. The molecule has 21 heteroatoms. The number of hydrogen-bond donors (Lipinski definition) is 0. The fourth-order valence-corrected chi connectivity index (χ4v) is 6.72. The molecule has 2 heterocycles. The molecule has 0 N–H and O–H groups in total. The van der Waals surface area contributed by atoms with Gasteiger partial charge in [0.2, 0.25) is 11.8 Å². The Morgan fingerprint density at radius 1 is 0.636 bits per heavy atom. The van der Waals surface area contributed by atoms with Gasteiger partial charge in [0.15, 0.2) is 0 Å². The van der Waals surface area contributed by atoms with E-state index in [1.54, 1.807) is 0 Å². The summed E-state index contributed by atoms with van der Waals surface area (Å²) in [5.74, 6) is -2.73. The van der Waals surface area contributed by atoms with Gasteiger partial charge in [0.25, 0.3) is 11.4 Å². The van der Waals surface area contributed by atoms with Gasteiger partial charge in [-0.15, -0.1) is 0 Å². The highest BCUT2D eigenvalue weighted by molar-refractivity contribution is 7.99. The number of piperazine rings is 2. The summed E-state index contributed by atoms with van der Waals surface area (Å²) in [6, 6.07) is 5.80. The van der Waals surface area contributed by atoms with Crippen LogP contribution in [0, 0.1) is 20.2 Å². The van der Waals surface area contributed by atoms with Crippen LogP contribution in [0.2, 0.25) is 0 Å². The first-order valence-corrected chi connectivity index (χ1v) is 17.1. The van der Waals surface area contributed by atoms with Crippen LogP contribution in [0.15, 0.2) is 58.3 Å². The summed E-state index contributed by atoms with van der Waals surface area (Å²) in [5, 5.41) is 24.2. The summed E-state index contributed by atoms with van der Waals surface area (Å²) in [6.45, 7) is -0.160. The van der Waals surface area contributed by atoms with E-state index < -0.39 is 69.2 Å². The molecule has 0 spiro atoms. The summed E-state index contributed by atoms with van der Waals surface area (Å²) >= 11 is 0.760. The molecule has 2 aromatic rings. The number of nitro benzene ring substituents is 2. The van der Waals surface area contributed by atoms with Crippen molar-refractivity contribution in [3.05, 3.63) is 79.9 Å². The number of benzene rings is 2. The largest absolute Gasteiger partial charge is 0.467 e. The van der Waals surface area contributed by atoms with Crippen LogP contribution in [0.4, 0.5) is 21.0 Å². The second kappa shape index (κ2) is 18.5. The average Bonchev–Trinajstić information content (AvgIpc) is 3.20. The van der Waals surface area contributed by atoms with Crippen molar-refractivity contribution < 1.29 is 57.6 Å². The highest BCUT2D eigenvalue weighted by Crippen LogP contribution is 2.40. The zero-order valence-electron chi connectivity index (χ0n) is 30.0. The molecular weight excluding hydrogens is 748 g/mol. The molecule has 292 valence electrons. The lowest BCUT2D eigenvalue weighted by Gasteiger charge is -2.38. The standard InChI is InChI=1S/C34H36N6O14S/c1-51-31(43)25-19-35(33(45)53-3)13-15-37(25)29(41)11-7-21-5-9-27(23(17-21)39(47)48)55-28-10-6-22(18-24(28)40(49)50)8-12-30(42)38-16-14-36(34(46)54-4)20-26(38)32(44)52-2/h5-12,17-18,25-26H,13-16,19-20H2,1-4H3/b11-7+,12-8+. The first-order chi connectivity index (χ1) is 26.2. The summed E-state index contributed by atoms with van der Waals surface area (Å²) in [7, 11) is 4.66. The Morgan fingerprint density at radius 3 is 1.35 bits per heavy atom. The van der Waals surface area contributed by atoms with E-state index in [2.05, 4.69) is 0 Å². The third-order valence-electron chi connectivity index (χ3n) is 8.56. The van der Waals surface area contributed by atoms with Crippen LogP contribution < -0.4 is 0 Å². The molecule has 0 bridgehead atoms. The maximum atomic E-state index is 13.1. The minimum atomic E-state index is -1.12. The minimum absolute atomic E-state index is 0.0108. The van der Waals surface area contributed by atoms with Gasteiger partial charge in [-0.1, -0.05) is 23.9 Å². The summed E-state index contributed by atoms with van der Waals surface area (Å²) in [4.78, 5) is 103. The Hall–Kier alpha value is -6.51. The molecule has 0 saturated carbocycles. The van der Waals surface area contributed by atoms with Crippen LogP contribution in [-0.2, 0) is 38.1 Å². The average molecular weight is 785 g/mol. The molecule has 2 atom stereocenters. The van der Waals surface area contributed by atoms with Gasteiger partial charge in [0.05, 0.1) is 61.2 Å². The zero-order chi connectivity index (χ0) is 40.4. The van der Waals surface area contributed by atoms with Crippen molar-refractivity contribution in [2.24, 2.45) is 0 Å². The van der Waals surface area contributed by atoms with Gasteiger partial charge in [-0.05, 0) is 35.4 Å². The van der Waals surface area contributed by atoms with Gasteiger partial charge in [0.1, 0.15) is 12.1 Å². The van der Waals surface area contributed by atoms with E-state index >= 15 is 0 Å². The Labute approximate surface area is 317 Å². The number of esters is 2. The predicted molar refractivity (Wildman–Crippen MR) is 191 cm³/mol. The van der Waals surface area contributed by atoms with Crippen molar-refractivity contribution in [1.29, 1.82) is 0 Å². The molecule has 0 aromatic heterocycles. The van der Waals surface area contributed by atoms with Crippen molar-refractivity contribution in [2.45, 2.75) is 21.9 Å². The van der Waals surface area contributed by atoms with Gasteiger partial charge in [-0.2, -0.15) is 0 Å². The van der Waals surface area contributed by atoms with Crippen molar-refractivity contribution in [2.75, 3.05) is 67.7 Å². The monoisotopic (exact) mass is 784 g/mol. The lowest BCUT2D eigenvalue weighted by atomic mass is 10.1. The quantitative estimate of drug-likeness (QED) is 0.111. The van der Waals surface area contributed by atoms with Gasteiger partial charge in [0, 0.05) is 50.5 Å². The third kappa shape index (κ3) is 9.93. The molecule has 2 saturated heterocycles. The Balaban J connectivity index is 1.51. The number of carbonyl (C=O) groups excluding carboxylic acids is 6. The fourth-order valence-electron chi connectivity index (χ4n) is 5.74. The van der Waals surface area contributed by atoms with Crippen LogP contribution in [0.5, 0.6) is 0 Å². The van der Waals surface area contributed by atoms with E-state index in [-0.39, 0.29) is 60.2 Å². The number of rotatable bonds is 10. The van der Waals surface area contributed by atoms with Crippen LogP contribution >= 0.6 is 11.8 Å². The minimum Gasteiger partial charge on any atom is -0.467 e. The van der Waals surface area contributed by atoms with Crippen LogP contribution in [-0.4, -0.2) is 145 Å². The predicted octanol–water partition coefficient (Wildman–Crippen LogP) is 2.59. The third-order valence-corrected chi connectivity index (χ3v) is 9.69. The van der Waals surface area contributed by atoms with E-state index in [0.29, 0.717) is 0 Å². The molecule has 0 radical (unpaired) electrons. The molecule has 4 rings (SSSR count). The number of methoxy groups -OCH3 is 4. The summed E-state index contributed by atoms with van der Waals surface area (Å²) < 4.78 is 19.0. The molecule has 0 aliphatic carbocycles. The highest BCUT2D eigenvalue weighted by atomic mass is 32.2. The normalized spacial score (nSPS) is 17.2. The molecule has 4 amide bonds. The SMILES string of the molecule is COC(=O)C1CN(C(=O)OC)CCN1C(=O)/C=C/c1ccc(Sc2ccc(/C=C/C(=O)N3CCN(C(=O)OC)CC3C(=O)OC)cc2[N+](=O)[O-])c([N+](=O)[O-])c1. The van der Waals surface area contributed by atoms with E-state index in [1.807, 2.05) is 0 Å². The summed E-state index contributed by atoms with van der Waals surface area (Å²) in [5.41, 5.74) is -0.328. The highest BCUT2D eigenvalue weighted by Gasteiger charge is 2.38. The molecule has 2 aromatic carbocycles. The zero-order valence-corrected chi connectivity index (χ0v) is 30.8. The number of nitrogens with zero attached hydrogens (tertiary/aromatic N) is 6. The van der Waals surface area contributed by atoms with Crippen molar-refractivity contribution in [3.8, 4) is 0 Å². The molecular formula is C34H36N6O14S. The molecule has 2 aliphatic heterocycles. The maximum Gasteiger partial charge on any atom is 0.409 e. The van der Waals surface area contributed by atoms with Crippen LogP contribution in [0.25, 0.3) is 12.2 Å². The molecule has 2 fully saturated rings. The number of nitro groups is 2. The van der Waals surface area contributed by atoms with E-state index in [0.717, 1.165) is 38.1 Å². The van der Waals surface area contributed by atoms with Gasteiger partial charge < -0.3 is 38.5 Å². The summed E-state index contributed by atoms with van der Waals surface area (Å²) in [6.07, 6.45) is 3.51. The molecule has 2 aliphatic rings. The number of ether oxygens (including phenoxy) is 4. The number of amides is 4. The molecule has 55 heavy (non-hydrogen) atoms. The second-order valence-electron chi connectivity index (χ2n) is 11.7. The van der Waals surface area contributed by atoms with Gasteiger partial charge in [-0.3, -0.25) is 29.8 Å². The number of carbonyl (C=O) groups is 6. The topological polar surface area (TPSA) is 239 Å².